The van der Waals surface area contributed by atoms with Gasteiger partial charge < -0.3 is 5.11 Å². The van der Waals surface area contributed by atoms with Crippen LogP contribution in [0.25, 0.3) is 0 Å². The van der Waals surface area contributed by atoms with Crippen LogP contribution >= 0.6 is 0 Å². The summed E-state index contributed by atoms with van der Waals surface area (Å²) in [6.45, 7) is 8.13. The molecule has 1 unspecified atom stereocenters. The molecule has 106 valence electrons. The van der Waals surface area contributed by atoms with Gasteiger partial charge in [-0.15, -0.1) is 0 Å². The normalized spacial score (nSPS) is 14.9. The van der Waals surface area contributed by atoms with Gasteiger partial charge in [0.1, 0.15) is 11.4 Å². The Hall–Kier alpha value is -1.67. The minimum Gasteiger partial charge on any atom is -0.381 e. The molecule has 0 aliphatic rings. The molecular formula is C18H21FO. The van der Waals surface area contributed by atoms with E-state index in [1.54, 1.807) is 19.1 Å². The topological polar surface area (TPSA) is 20.2 Å². The maximum absolute atomic E-state index is 13.3. The van der Waals surface area contributed by atoms with E-state index in [0.29, 0.717) is 5.56 Å². The molecular weight excluding hydrogens is 251 g/mol. The molecule has 0 aromatic heterocycles. The molecule has 0 aliphatic carbocycles. The summed E-state index contributed by atoms with van der Waals surface area (Å²) in [5.74, 6) is -0.339. The van der Waals surface area contributed by atoms with Crippen molar-refractivity contribution in [2.75, 3.05) is 0 Å². The molecule has 2 rings (SSSR count). The highest BCUT2D eigenvalue weighted by Gasteiger charge is 2.26. The van der Waals surface area contributed by atoms with E-state index >= 15 is 0 Å². The standard InChI is InChI=1S/C18H21FO/c1-17(2,3)13-8-10-14(11-9-13)18(4,20)15-6-5-7-16(19)12-15/h5-12,20H,1-4H3. The SMILES string of the molecule is CC(C)(C)c1ccc(C(C)(O)c2cccc(F)c2)cc1. The van der Waals surface area contributed by atoms with Gasteiger partial charge in [0.05, 0.1) is 0 Å². The van der Waals surface area contributed by atoms with Gasteiger partial charge in [-0.25, -0.2) is 4.39 Å². The van der Waals surface area contributed by atoms with Gasteiger partial charge in [-0.3, -0.25) is 0 Å². The molecule has 0 radical (unpaired) electrons. The summed E-state index contributed by atoms with van der Waals surface area (Å²) in [6, 6.07) is 14.0. The maximum Gasteiger partial charge on any atom is 0.123 e. The highest BCUT2D eigenvalue weighted by Crippen LogP contribution is 2.31. The lowest BCUT2D eigenvalue weighted by molar-refractivity contribution is 0.102. The van der Waals surface area contributed by atoms with Crippen LogP contribution in [-0.2, 0) is 11.0 Å². The summed E-state index contributed by atoms with van der Waals surface area (Å²) in [4.78, 5) is 0. The van der Waals surface area contributed by atoms with Gasteiger partial charge in [-0.1, -0.05) is 57.2 Å². The van der Waals surface area contributed by atoms with Crippen molar-refractivity contribution >= 4 is 0 Å². The molecule has 2 aromatic carbocycles. The number of hydrogen-bond donors (Lipinski definition) is 1. The minimum absolute atomic E-state index is 0.0727. The smallest absolute Gasteiger partial charge is 0.123 e. The minimum atomic E-state index is -1.20. The zero-order valence-electron chi connectivity index (χ0n) is 12.4. The molecule has 0 amide bonds. The highest BCUT2D eigenvalue weighted by atomic mass is 19.1. The molecule has 0 saturated heterocycles. The fourth-order valence-corrected chi connectivity index (χ4v) is 2.25. The fourth-order valence-electron chi connectivity index (χ4n) is 2.25. The van der Waals surface area contributed by atoms with Gasteiger partial charge >= 0.3 is 0 Å². The summed E-state index contributed by atoms with van der Waals surface area (Å²) in [6.07, 6.45) is 0. The third-order valence-electron chi connectivity index (χ3n) is 3.70. The predicted octanol–water partition coefficient (Wildman–Crippen LogP) is 4.38. The molecule has 0 aliphatic heterocycles. The first-order valence-electron chi connectivity index (χ1n) is 6.81. The Kier molecular flexibility index (Phi) is 3.70. The van der Waals surface area contributed by atoms with E-state index in [1.165, 1.54) is 17.7 Å². The molecule has 0 heterocycles. The summed E-state index contributed by atoms with van der Waals surface area (Å²) < 4.78 is 13.3. The van der Waals surface area contributed by atoms with Crippen molar-refractivity contribution in [3.05, 3.63) is 71.0 Å². The zero-order chi connectivity index (χ0) is 15.0. The molecule has 20 heavy (non-hydrogen) atoms. The van der Waals surface area contributed by atoms with Crippen molar-refractivity contribution < 1.29 is 9.50 Å². The molecule has 0 spiro atoms. The predicted molar refractivity (Wildman–Crippen MR) is 80.2 cm³/mol. The van der Waals surface area contributed by atoms with Crippen molar-refractivity contribution in [1.82, 2.24) is 0 Å². The van der Waals surface area contributed by atoms with E-state index in [4.69, 9.17) is 0 Å². The van der Waals surface area contributed by atoms with Crippen LogP contribution in [0.15, 0.2) is 48.5 Å². The third kappa shape index (κ3) is 2.91. The molecule has 1 N–H and O–H groups in total. The maximum atomic E-state index is 13.3. The summed E-state index contributed by atoms with van der Waals surface area (Å²) in [5.41, 5.74) is 1.40. The van der Waals surface area contributed by atoms with Gasteiger partial charge in [-0.05, 0) is 41.2 Å². The van der Waals surface area contributed by atoms with Crippen molar-refractivity contribution in [1.29, 1.82) is 0 Å². The Balaban J connectivity index is 2.39. The van der Waals surface area contributed by atoms with Gasteiger partial charge in [0, 0.05) is 0 Å². The molecule has 1 nitrogen and oxygen atoms in total. The molecule has 1 atom stereocenters. The van der Waals surface area contributed by atoms with E-state index < -0.39 is 5.60 Å². The molecule has 2 heteroatoms. The van der Waals surface area contributed by atoms with Gasteiger partial charge in [0.25, 0.3) is 0 Å². The van der Waals surface area contributed by atoms with E-state index in [9.17, 15) is 9.50 Å². The van der Waals surface area contributed by atoms with Crippen LogP contribution in [0.3, 0.4) is 0 Å². The van der Waals surface area contributed by atoms with Gasteiger partial charge in [-0.2, -0.15) is 0 Å². The summed E-state index contributed by atoms with van der Waals surface area (Å²) in [7, 11) is 0. The lowest BCUT2D eigenvalue weighted by Gasteiger charge is -2.26. The van der Waals surface area contributed by atoms with Crippen LogP contribution in [0.1, 0.15) is 44.4 Å². The van der Waals surface area contributed by atoms with E-state index in [-0.39, 0.29) is 11.2 Å². The average molecular weight is 272 g/mol. The number of halogens is 1. The van der Waals surface area contributed by atoms with E-state index in [1.807, 2.05) is 24.3 Å². The van der Waals surface area contributed by atoms with E-state index in [0.717, 1.165) is 5.56 Å². The Labute approximate surface area is 120 Å². The molecule has 0 saturated carbocycles. The second-order valence-electron chi connectivity index (χ2n) is 6.41. The van der Waals surface area contributed by atoms with Crippen LogP contribution in [0.5, 0.6) is 0 Å². The Morgan fingerprint density at radius 1 is 0.800 bits per heavy atom. The number of benzene rings is 2. The second-order valence-corrected chi connectivity index (χ2v) is 6.41. The number of hydrogen-bond acceptors (Lipinski definition) is 1. The van der Waals surface area contributed by atoms with E-state index in [2.05, 4.69) is 20.8 Å². The van der Waals surface area contributed by atoms with Crippen molar-refractivity contribution in [3.8, 4) is 0 Å². The first-order chi connectivity index (χ1) is 9.21. The lowest BCUT2D eigenvalue weighted by atomic mass is 9.83. The zero-order valence-corrected chi connectivity index (χ0v) is 12.4. The quantitative estimate of drug-likeness (QED) is 0.860. The van der Waals surface area contributed by atoms with Crippen molar-refractivity contribution in [2.45, 2.75) is 38.7 Å². The Morgan fingerprint density at radius 2 is 1.35 bits per heavy atom. The van der Waals surface area contributed by atoms with Crippen molar-refractivity contribution in [2.24, 2.45) is 0 Å². The second kappa shape index (κ2) is 5.02. The highest BCUT2D eigenvalue weighted by molar-refractivity contribution is 5.37. The monoisotopic (exact) mass is 272 g/mol. The van der Waals surface area contributed by atoms with Crippen LogP contribution in [-0.4, -0.2) is 5.11 Å². The van der Waals surface area contributed by atoms with Crippen LogP contribution in [0.2, 0.25) is 0 Å². The van der Waals surface area contributed by atoms with Crippen LogP contribution < -0.4 is 0 Å². The summed E-state index contributed by atoms with van der Waals surface area (Å²) in [5, 5.41) is 10.7. The Morgan fingerprint density at radius 3 is 1.85 bits per heavy atom. The first kappa shape index (κ1) is 14.7. The molecule has 2 aromatic rings. The molecule has 0 bridgehead atoms. The average Bonchev–Trinajstić information content (AvgIpc) is 2.38. The van der Waals surface area contributed by atoms with Crippen molar-refractivity contribution in [3.63, 3.8) is 0 Å². The van der Waals surface area contributed by atoms with Gasteiger partial charge in [0.2, 0.25) is 0 Å². The molecule has 0 fully saturated rings. The fraction of sp³-hybridized carbons (Fsp3) is 0.333. The van der Waals surface area contributed by atoms with Gasteiger partial charge in [0.15, 0.2) is 0 Å². The number of rotatable bonds is 2. The van der Waals surface area contributed by atoms with Crippen LogP contribution in [0.4, 0.5) is 4.39 Å². The summed E-state index contributed by atoms with van der Waals surface area (Å²) >= 11 is 0. The lowest BCUT2D eigenvalue weighted by Crippen LogP contribution is -2.23. The first-order valence-corrected chi connectivity index (χ1v) is 6.81. The third-order valence-corrected chi connectivity index (χ3v) is 3.70. The van der Waals surface area contributed by atoms with Crippen LogP contribution in [0, 0.1) is 5.82 Å². The Bertz CT molecular complexity index is 592. The number of aliphatic hydroxyl groups is 1. The largest absolute Gasteiger partial charge is 0.381 e.